The van der Waals surface area contributed by atoms with Crippen LogP contribution in [0.3, 0.4) is 0 Å². The van der Waals surface area contributed by atoms with Crippen molar-refractivity contribution in [1.29, 1.82) is 0 Å². The second kappa shape index (κ2) is 8.86. The summed E-state index contributed by atoms with van der Waals surface area (Å²) in [6.07, 6.45) is 0. The average Bonchev–Trinajstić information content (AvgIpc) is 3.27. The van der Waals surface area contributed by atoms with Crippen LogP contribution < -0.4 is 10.6 Å². The Hall–Kier alpha value is -2.34. The lowest BCUT2D eigenvalue weighted by Crippen LogP contribution is -2.48. The normalized spacial score (nSPS) is 18.8. The van der Waals surface area contributed by atoms with Crippen molar-refractivity contribution in [1.82, 2.24) is 10.6 Å². The van der Waals surface area contributed by atoms with Gasteiger partial charge in [-0.15, -0.1) is 22.7 Å². The third kappa shape index (κ3) is 5.06. The largest absolute Gasteiger partial charge is 0.380 e. The summed E-state index contributed by atoms with van der Waals surface area (Å²) in [5.74, 6) is -17.5. The number of allylic oxidation sites excluding steroid dienone is 2. The van der Waals surface area contributed by atoms with Crippen molar-refractivity contribution < 1.29 is 35.9 Å². The van der Waals surface area contributed by atoms with Crippen LogP contribution >= 0.6 is 22.7 Å². The van der Waals surface area contributed by atoms with Gasteiger partial charge in [0.15, 0.2) is 0 Å². The van der Waals surface area contributed by atoms with Gasteiger partial charge in [0.2, 0.25) is 0 Å². The minimum Gasteiger partial charge on any atom is -0.347 e. The number of nitrogens with one attached hydrogen (secondary N) is 2. The van der Waals surface area contributed by atoms with Crippen molar-refractivity contribution in [2.24, 2.45) is 0 Å². The Bertz CT molecular complexity index is 1200. The number of aryl methyl sites for hydroxylation is 2. The summed E-state index contributed by atoms with van der Waals surface area (Å²) < 4.78 is 90.3. The SMILES string of the molecule is Cc1sc(C(=O)NC(C)(C)C)cc1C1=C(c2cc(C(=O)NC(C)(C)C)sc2C)C(F)(F)C(F)(F)C1(F)F. The van der Waals surface area contributed by atoms with E-state index in [0.717, 1.165) is 34.8 Å². The molecule has 0 aromatic carbocycles. The molecule has 4 nitrogen and oxygen atoms in total. The number of amides is 2. The molecule has 0 spiro atoms. The molecule has 0 saturated carbocycles. The molecule has 204 valence electrons. The number of thiophene rings is 2. The first kappa shape index (κ1) is 29.2. The van der Waals surface area contributed by atoms with Gasteiger partial charge in [-0.05, 0) is 78.6 Å². The molecule has 0 unspecified atom stereocenters. The maximum absolute atomic E-state index is 15.2. The Labute approximate surface area is 219 Å². The van der Waals surface area contributed by atoms with Crippen LogP contribution in [0.4, 0.5) is 26.3 Å². The molecule has 3 rings (SSSR count). The smallest absolute Gasteiger partial charge is 0.347 e. The number of halogens is 6. The fourth-order valence-electron chi connectivity index (χ4n) is 3.92. The van der Waals surface area contributed by atoms with Gasteiger partial charge in [-0.1, -0.05) is 0 Å². The van der Waals surface area contributed by atoms with Crippen LogP contribution in [-0.4, -0.2) is 40.7 Å². The van der Waals surface area contributed by atoms with E-state index in [2.05, 4.69) is 10.6 Å². The molecule has 1 aliphatic rings. The molecular formula is C25H28F6N2O2S2. The first-order chi connectivity index (χ1) is 16.5. The van der Waals surface area contributed by atoms with E-state index in [1.165, 1.54) is 13.8 Å². The maximum atomic E-state index is 15.2. The highest BCUT2D eigenvalue weighted by Gasteiger charge is 2.80. The Morgan fingerprint density at radius 1 is 0.676 bits per heavy atom. The molecule has 2 amide bonds. The summed E-state index contributed by atoms with van der Waals surface area (Å²) in [6.45, 7) is 12.7. The first-order valence-corrected chi connectivity index (χ1v) is 12.9. The lowest BCUT2D eigenvalue weighted by molar-refractivity contribution is -0.254. The maximum Gasteiger partial charge on any atom is 0.380 e. The molecule has 0 aliphatic heterocycles. The summed E-state index contributed by atoms with van der Waals surface area (Å²) in [6, 6.07) is 1.88. The van der Waals surface area contributed by atoms with E-state index >= 15 is 17.6 Å². The number of rotatable bonds is 4. The molecule has 0 radical (unpaired) electrons. The van der Waals surface area contributed by atoms with Crippen molar-refractivity contribution in [3.8, 4) is 0 Å². The zero-order chi connectivity index (χ0) is 28.5. The summed E-state index contributed by atoms with van der Waals surface area (Å²) in [4.78, 5) is 25.0. The van der Waals surface area contributed by atoms with Crippen LogP contribution in [0.25, 0.3) is 11.1 Å². The summed E-state index contributed by atoms with van der Waals surface area (Å²) in [7, 11) is 0. The summed E-state index contributed by atoms with van der Waals surface area (Å²) >= 11 is 1.48. The Kier molecular flexibility index (Phi) is 7.00. The zero-order valence-corrected chi connectivity index (χ0v) is 23.2. The molecule has 1 aliphatic carbocycles. The average molecular weight is 567 g/mol. The summed E-state index contributed by atoms with van der Waals surface area (Å²) in [5.41, 5.74) is -5.59. The lowest BCUT2D eigenvalue weighted by atomic mass is 9.95. The molecule has 0 saturated heterocycles. The van der Waals surface area contributed by atoms with Crippen LogP contribution in [0.2, 0.25) is 0 Å². The highest BCUT2D eigenvalue weighted by molar-refractivity contribution is 7.14. The van der Waals surface area contributed by atoms with Crippen LogP contribution in [0.15, 0.2) is 12.1 Å². The van der Waals surface area contributed by atoms with E-state index in [1.54, 1.807) is 41.5 Å². The van der Waals surface area contributed by atoms with Crippen molar-refractivity contribution in [3.05, 3.63) is 42.8 Å². The van der Waals surface area contributed by atoms with E-state index in [-0.39, 0.29) is 19.5 Å². The molecule has 2 N–H and O–H groups in total. The minimum absolute atomic E-state index is 0.00156. The quantitative estimate of drug-likeness (QED) is 0.381. The van der Waals surface area contributed by atoms with Crippen LogP contribution in [0.1, 0.15) is 81.8 Å². The number of carbonyl (C=O) groups excluding carboxylic acids is 2. The van der Waals surface area contributed by atoms with Crippen molar-refractivity contribution in [2.45, 2.75) is 84.2 Å². The third-order valence-electron chi connectivity index (χ3n) is 5.47. The molecule has 0 fully saturated rings. The van der Waals surface area contributed by atoms with Gasteiger partial charge < -0.3 is 10.6 Å². The van der Waals surface area contributed by atoms with Gasteiger partial charge in [0, 0.05) is 32.0 Å². The molecule has 37 heavy (non-hydrogen) atoms. The molecule has 0 atom stereocenters. The molecule has 2 heterocycles. The van der Waals surface area contributed by atoms with Crippen molar-refractivity contribution in [2.75, 3.05) is 0 Å². The Morgan fingerprint density at radius 3 is 1.24 bits per heavy atom. The predicted molar refractivity (Wildman–Crippen MR) is 134 cm³/mol. The Morgan fingerprint density at radius 2 is 0.973 bits per heavy atom. The standard InChI is InChI=1S/C25H28F6N2O2S2/c1-11-13(9-15(36-11)19(34)32-21(3,4)5)17-18(24(28,29)25(30,31)23(17,26)27)14-10-16(37-12(14)2)20(35)33-22(6,7)8/h9-10H,1-8H3,(H,32,34)(H,33,35). The minimum atomic E-state index is -5.74. The highest BCUT2D eigenvalue weighted by Crippen LogP contribution is 2.65. The molecular weight excluding hydrogens is 538 g/mol. The molecule has 12 heteroatoms. The van der Waals surface area contributed by atoms with E-state index in [1.807, 2.05) is 0 Å². The van der Waals surface area contributed by atoms with Crippen LogP contribution in [-0.2, 0) is 0 Å². The van der Waals surface area contributed by atoms with Gasteiger partial charge >= 0.3 is 17.8 Å². The van der Waals surface area contributed by atoms with Crippen LogP contribution in [0, 0.1) is 13.8 Å². The number of hydrogen-bond acceptors (Lipinski definition) is 4. The monoisotopic (exact) mass is 566 g/mol. The van der Waals surface area contributed by atoms with Gasteiger partial charge in [0.25, 0.3) is 11.8 Å². The second-order valence-electron chi connectivity index (χ2n) is 11.0. The zero-order valence-electron chi connectivity index (χ0n) is 21.6. The van der Waals surface area contributed by atoms with Gasteiger partial charge in [-0.3, -0.25) is 9.59 Å². The fraction of sp³-hybridized carbons (Fsp3) is 0.520. The van der Waals surface area contributed by atoms with Gasteiger partial charge in [0.05, 0.1) is 9.75 Å². The Balaban J connectivity index is 2.28. The topological polar surface area (TPSA) is 58.2 Å². The highest BCUT2D eigenvalue weighted by atomic mass is 32.1. The molecule has 2 aromatic heterocycles. The molecule has 0 bridgehead atoms. The summed E-state index contributed by atoms with van der Waals surface area (Å²) in [5, 5.41) is 5.27. The van der Waals surface area contributed by atoms with Gasteiger partial charge in [-0.2, -0.15) is 26.3 Å². The second-order valence-corrected chi connectivity index (χ2v) is 13.6. The fourth-order valence-corrected chi connectivity index (χ4v) is 5.76. The van der Waals surface area contributed by atoms with Gasteiger partial charge in [0.1, 0.15) is 0 Å². The molecule has 2 aromatic rings. The van der Waals surface area contributed by atoms with E-state index in [0.29, 0.717) is 0 Å². The lowest BCUT2D eigenvalue weighted by Gasteiger charge is -2.25. The number of alkyl halides is 6. The number of carbonyl (C=O) groups is 2. The first-order valence-electron chi connectivity index (χ1n) is 11.3. The predicted octanol–water partition coefficient (Wildman–Crippen LogP) is 7.31. The van der Waals surface area contributed by atoms with Crippen molar-refractivity contribution >= 4 is 45.6 Å². The van der Waals surface area contributed by atoms with E-state index in [4.69, 9.17) is 0 Å². The van der Waals surface area contributed by atoms with E-state index in [9.17, 15) is 18.4 Å². The van der Waals surface area contributed by atoms with Gasteiger partial charge in [-0.25, -0.2) is 0 Å². The number of hydrogen-bond donors (Lipinski definition) is 2. The van der Waals surface area contributed by atoms with Crippen LogP contribution in [0.5, 0.6) is 0 Å². The van der Waals surface area contributed by atoms with Crippen molar-refractivity contribution in [3.63, 3.8) is 0 Å². The third-order valence-corrected chi connectivity index (χ3v) is 7.56. The van der Waals surface area contributed by atoms with E-state index < -0.39 is 62.9 Å².